The Morgan fingerprint density at radius 3 is 2.71 bits per heavy atom. The van der Waals surface area contributed by atoms with E-state index >= 15 is 0 Å². The van der Waals surface area contributed by atoms with Crippen LogP contribution in [0.25, 0.3) is 0 Å². The molecule has 0 aliphatic carbocycles. The molecule has 0 fully saturated rings. The van der Waals surface area contributed by atoms with Crippen molar-refractivity contribution < 1.29 is 19.1 Å². The first-order valence-electron chi connectivity index (χ1n) is 7.37. The predicted octanol–water partition coefficient (Wildman–Crippen LogP) is 2.19. The molecule has 0 spiro atoms. The van der Waals surface area contributed by atoms with Gasteiger partial charge in [-0.25, -0.2) is 0 Å². The van der Waals surface area contributed by atoms with E-state index in [0.717, 1.165) is 0 Å². The van der Waals surface area contributed by atoms with Crippen LogP contribution >= 0.6 is 11.8 Å². The van der Waals surface area contributed by atoms with Crippen LogP contribution in [0.4, 0.5) is 0 Å². The third kappa shape index (κ3) is 3.24. The van der Waals surface area contributed by atoms with Gasteiger partial charge in [-0.3, -0.25) is 9.59 Å². The number of allylic oxidation sites excluding steroid dienone is 1. The molecule has 24 heavy (non-hydrogen) atoms. The van der Waals surface area contributed by atoms with E-state index in [1.54, 1.807) is 37.4 Å². The minimum atomic E-state index is -1.13. The van der Waals surface area contributed by atoms with Gasteiger partial charge in [0.05, 0.1) is 30.4 Å². The van der Waals surface area contributed by atoms with Gasteiger partial charge < -0.3 is 14.8 Å². The lowest BCUT2D eigenvalue weighted by Gasteiger charge is -2.31. The molecule has 2 unspecified atom stereocenters. The second-order valence-corrected chi connectivity index (χ2v) is 5.81. The number of nitrogens with one attached hydrogen (secondary N) is 1. The molecule has 1 aromatic carbocycles. The molecule has 0 bridgehead atoms. The Morgan fingerprint density at radius 2 is 2.12 bits per heavy atom. The van der Waals surface area contributed by atoms with E-state index in [1.165, 1.54) is 18.9 Å². The number of carbonyl (C=O) groups excluding carboxylic acids is 2. The van der Waals surface area contributed by atoms with Crippen LogP contribution < -0.4 is 10.1 Å². The predicted molar refractivity (Wildman–Crippen MR) is 90.2 cm³/mol. The van der Waals surface area contributed by atoms with Crippen LogP contribution in [0.3, 0.4) is 0 Å². The Kier molecular flexibility index (Phi) is 5.88. The summed E-state index contributed by atoms with van der Waals surface area (Å²) in [5.74, 6) is -2.50. The molecule has 1 aliphatic rings. The molecule has 1 amide bonds. The molecule has 0 saturated carbocycles. The number of carbonyl (C=O) groups is 2. The summed E-state index contributed by atoms with van der Waals surface area (Å²) >= 11 is 1.25. The van der Waals surface area contributed by atoms with Crippen molar-refractivity contribution in [1.29, 1.82) is 5.26 Å². The van der Waals surface area contributed by atoms with Crippen LogP contribution in [0, 0.1) is 17.2 Å². The SMILES string of the molecule is CCOC(=O)C1C(=O)NC(SC)=C(C#N)C1c1ccccc1OC. The van der Waals surface area contributed by atoms with Crippen LogP contribution in [-0.4, -0.2) is 31.8 Å². The third-order valence-corrected chi connectivity index (χ3v) is 4.48. The van der Waals surface area contributed by atoms with Crippen LogP contribution in [-0.2, 0) is 14.3 Å². The summed E-state index contributed by atoms with van der Waals surface area (Å²) in [4.78, 5) is 24.9. The van der Waals surface area contributed by atoms with Crippen molar-refractivity contribution in [2.45, 2.75) is 12.8 Å². The molecule has 1 aliphatic heterocycles. The fourth-order valence-corrected chi connectivity index (χ4v) is 3.33. The van der Waals surface area contributed by atoms with E-state index in [9.17, 15) is 14.9 Å². The van der Waals surface area contributed by atoms with E-state index in [-0.39, 0.29) is 6.61 Å². The maximum absolute atomic E-state index is 12.5. The smallest absolute Gasteiger partial charge is 0.319 e. The molecular formula is C17H18N2O4S. The molecule has 126 valence electrons. The number of nitriles is 1. The molecular weight excluding hydrogens is 328 g/mol. The van der Waals surface area contributed by atoms with Gasteiger partial charge in [-0.05, 0) is 19.2 Å². The standard InChI is InChI=1S/C17H18N2O4S/c1-4-23-17(21)14-13(10-7-5-6-8-12(10)22-2)11(9-18)16(24-3)19-15(14)20/h5-8,13-14H,4H2,1-3H3,(H,19,20). The summed E-state index contributed by atoms with van der Waals surface area (Å²) in [6.45, 7) is 1.83. The number of hydrogen-bond acceptors (Lipinski definition) is 6. The van der Waals surface area contributed by atoms with Crippen molar-refractivity contribution >= 4 is 23.6 Å². The fourth-order valence-electron chi connectivity index (χ4n) is 2.73. The van der Waals surface area contributed by atoms with Gasteiger partial charge in [0.25, 0.3) is 0 Å². The van der Waals surface area contributed by atoms with Crippen molar-refractivity contribution in [1.82, 2.24) is 5.32 Å². The Balaban J connectivity index is 2.67. The van der Waals surface area contributed by atoms with Crippen molar-refractivity contribution in [2.75, 3.05) is 20.0 Å². The third-order valence-electron chi connectivity index (χ3n) is 3.75. The van der Waals surface area contributed by atoms with Crippen molar-refractivity contribution in [3.05, 3.63) is 40.4 Å². The fraction of sp³-hybridized carbons (Fsp3) is 0.353. The van der Waals surface area contributed by atoms with E-state index in [2.05, 4.69) is 11.4 Å². The zero-order valence-corrected chi connectivity index (χ0v) is 14.5. The van der Waals surface area contributed by atoms with E-state index < -0.39 is 23.7 Å². The first kappa shape index (κ1) is 17.9. The van der Waals surface area contributed by atoms with Gasteiger partial charge in [0, 0.05) is 11.5 Å². The lowest BCUT2D eigenvalue weighted by atomic mass is 9.78. The second kappa shape index (κ2) is 7.88. The number of rotatable bonds is 5. The van der Waals surface area contributed by atoms with Gasteiger partial charge in [0.1, 0.15) is 11.7 Å². The molecule has 0 aromatic heterocycles. The summed E-state index contributed by atoms with van der Waals surface area (Å²) in [5.41, 5.74) is 0.931. The summed E-state index contributed by atoms with van der Waals surface area (Å²) in [6, 6.07) is 9.19. The minimum absolute atomic E-state index is 0.155. The van der Waals surface area contributed by atoms with Crippen molar-refractivity contribution in [3.63, 3.8) is 0 Å². The molecule has 1 aromatic rings. The van der Waals surface area contributed by atoms with Crippen LogP contribution in [0.1, 0.15) is 18.4 Å². The van der Waals surface area contributed by atoms with Crippen molar-refractivity contribution in [2.24, 2.45) is 5.92 Å². The maximum Gasteiger partial charge on any atom is 0.319 e. The molecule has 2 atom stereocenters. The number of para-hydroxylation sites is 1. The monoisotopic (exact) mass is 346 g/mol. The van der Waals surface area contributed by atoms with Gasteiger partial charge in [-0.15, -0.1) is 11.8 Å². The van der Waals surface area contributed by atoms with E-state index in [1.807, 2.05) is 0 Å². The molecule has 1 N–H and O–H groups in total. The number of methoxy groups -OCH3 is 1. The largest absolute Gasteiger partial charge is 0.496 e. The van der Waals surface area contributed by atoms with Crippen LogP contribution in [0.15, 0.2) is 34.9 Å². The highest BCUT2D eigenvalue weighted by atomic mass is 32.2. The van der Waals surface area contributed by atoms with Crippen LogP contribution in [0.5, 0.6) is 5.75 Å². The van der Waals surface area contributed by atoms with Gasteiger partial charge in [0.15, 0.2) is 0 Å². The molecule has 0 saturated heterocycles. The van der Waals surface area contributed by atoms with Crippen LogP contribution in [0.2, 0.25) is 0 Å². The summed E-state index contributed by atoms with van der Waals surface area (Å²) < 4.78 is 10.4. The highest BCUT2D eigenvalue weighted by Gasteiger charge is 2.45. The van der Waals surface area contributed by atoms with Gasteiger partial charge in [-0.1, -0.05) is 18.2 Å². The van der Waals surface area contributed by atoms with E-state index in [4.69, 9.17) is 9.47 Å². The number of esters is 1. The quantitative estimate of drug-likeness (QED) is 0.649. The topological polar surface area (TPSA) is 88.4 Å². The molecule has 2 rings (SSSR count). The number of amides is 1. The van der Waals surface area contributed by atoms with Gasteiger partial charge in [0.2, 0.25) is 5.91 Å². The molecule has 6 nitrogen and oxygen atoms in total. The first-order valence-corrected chi connectivity index (χ1v) is 8.60. The average molecular weight is 346 g/mol. The number of nitrogens with zero attached hydrogens (tertiary/aromatic N) is 1. The zero-order chi connectivity index (χ0) is 17.7. The molecule has 1 heterocycles. The number of thioether (sulfide) groups is 1. The van der Waals surface area contributed by atoms with Crippen molar-refractivity contribution in [3.8, 4) is 11.8 Å². The normalized spacial score (nSPS) is 20.2. The average Bonchev–Trinajstić information content (AvgIpc) is 2.60. The first-order chi connectivity index (χ1) is 11.6. The number of hydrogen-bond donors (Lipinski definition) is 1. The Hall–Kier alpha value is -2.46. The summed E-state index contributed by atoms with van der Waals surface area (Å²) in [5, 5.41) is 12.7. The Morgan fingerprint density at radius 1 is 1.42 bits per heavy atom. The van der Waals surface area contributed by atoms with Gasteiger partial charge in [-0.2, -0.15) is 5.26 Å². The zero-order valence-electron chi connectivity index (χ0n) is 13.7. The minimum Gasteiger partial charge on any atom is -0.496 e. The second-order valence-electron chi connectivity index (χ2n) is 5.00. The van der Waals surface area contributed by atoms with E-state index in [0.29, 0.717) is 21.9 Å². The molecule has 7 heteroatoms. The lowest BCUT2D eigenvalue weighted by Crippen LogP contribution is -2.44. The lowest BCUT2D eigenvalue weighted by molar-refractivity contribution is -0.152. The number of benzene rings is 1. The highest BCUT2D eigenvalue weighted by molar-refractivity contribution is 8.02. The number of ether oxygens (including phenoxy) is 2. The van der Waals surface area contributed by atoms with Gasteiger partial charge >= 0.3 is 5.97 Å². The Labute approximate surface area is 144 Å². The summed E-state index contributed by atoms with van der Waals surface area (Å²) in [7, 11) is 1.51. The maximum atomic E-state index is 12.5. The Bertz CT molecular complexity index is 724. The summed E-state index contributed by atoms with van der Waals surface area (Å²) in [6.07, 6.45) is 1.76. The molecule has 0 radical (unpaired) electrons. The highest BCUT2D eigenvalue weighted by Crippen LogP contribution is 2.42.